The second-order valence-electron chi connectivity index (χ2n) is 3.53. The van der Waals surface area contributed by atoms with E-state index < -0.39 is 23.9 Å². The van der Waals surface area contributed by atoms with Crippen molar-refractivity contribution < 1.29 is 19.1 Å². The predicted octanol–water partition coefficient (Wildman–Crippen LogP) is 2.46. The maximum absolute atomic E-state index is 13.1. The van der Waals surface area contributed by atoms with Gasteiger partial charge in [-0.05, 0) is 24.6 Å². The molecule has 18 heavy (non-hydrogen) atoms. The normalized spacial score (nSPS) is 11.7. The molecule has 0 saturated carbocycles. The van der Waals surface area contributed by atoms with Gasteiger partial charge in [-0.25, -0.2) is 14.0 Å². The fourth-order valence-corrected chi connectivity index (χ4v) is 1.36. The lowest BCUT2D eigenvalue weighted by Gasteiger charge is -2.13. The Morgan fingerprint density at radius 1 is 1.50 bits per heavy atom. The van der Waals surface area contributed by atoms with Crippen LogP contribution in [0.15, 0.2) is 18.2 Å². The summed E-state index contributed by atoms with van der Waals surface area (Å²) in [6, 6.07) is 2.05. The molecule has 0 aliphatic heterocycles. The molecule has 0 aliphatic carbocycles. The summed E-state index contributed by atoms with van der Waals surface area (Å²) in [6.07, 6.45) is 0.248. The first kappa shape index (κ1) is 14.2. The van der Waals surface area contributed by atoms with Crippen LogP contribution >= 0.6 is 11.6 Å². The minimum Gasteiger partial charge on any atom is -0.480 e. The van der Waals surface area contributed by atoms with Gasteiger partial charge in [0.05, 0.1) is 5.02 Å². The number of benzene rings is 1. The molecule has 0 fully saturated rings. The van der Waals surface area contributed by atoms with Crippen molar-refractivity contribution >= 4 is 29.3 Å². The van der Waals surface area contributed by atoms with Crippen LogP contribution in [0.2, 0.25) is 5.02 Å². The summed E-state index contributed by atoms with van der Waals surface area (Å²) >= 11 is 5.48. The van der Waals surface area contributed by atoms with Crippen LogP contribution in [0.5, 0.6) is 0 Å². The number of urea groups is 1. The first-order valence-corrected chi connectivity index (χ1v) is 5.57. The topological polar surface area (TPSA) is 78.4 Å². The Hall–Kier alpha value is -1.82. The molecule has 1 rings (SSSR count). The fraction of sp³-hybridized carbons (Fsp3) is 0.273. The number of anilines is 1. The Bertz CT molecular complexity index is 468. The van der Waals surface area contributed by atoms with E-state index in [1.807, 2.05) is 0 Å². The van der Waals surface area contributed by atoms with Crippen molar-refractivity contribution in [2.75, 3.05) is 5.32 Å². The molecule has 1 aromatic rings. The smallest absolute Gasteiger partial charge is 0.326 e. The summed E-state index contributed by atoms with van der Waals surface area (Å²) in [5.74, 6) is -1.80. The molecule has 98 valence electrons. The van der Waals surface area contributed by atoms with Gasteiger partial charge in [-0.1, -0.05) is 18.5 Å². The molecule has 0 bridgehead atoms. The van der Waals surface area contributed by atoms with Crippen LogP contribution in [-0.2, 0) is 4.79 Å². The molecule has 0 unspecified atom stereocenters. The third-order valence-corrected chi connectivity index (χ3v) is 2.50. The van der Waals surface area contributed by atoms with Gasteiger partial charge in [0, 0.05) is 5.69 Å². The number of hydrogen-bond acceptors (Lipinski definition) is 2. The van der Waals surface area contributed by atoms with Crippen molar-refractivity contribution in [3.8, 4) is 0 Å². The Morgan fingerprint density at radius 2 is 2.17 bits per heavy atom. The van der Waals surface area contributed by atoms with Crippen LogP contribution in [0.1, 0.15) is 13.3 Å². The second kappa shape index (κ2) is 6.20. The predicted molar refractivity (Wildman–Crippen MR) is 65.3 cm³/mol. The highest BCUT2D eigenvalue weighted by Gasteiger charge is 2.17. The third-order valence-electron chi connectivity index (χ3n) is 2.19. The third kappa shape index (κ3) is 3.89. The summed E-state index contributed by atoms with van der Waals surface area (Å²) in [5.41, 5.74) is 0.189. The SMILES string of the molecule is CC[C@@H](NC(=O)Nc1ccc(Cl)c(F)c1)C(=O)O. The monoisotopic (exact) mass is 274 g/mol. The maximum Gasteiger partial charge on any atom is 0.326 e. The summed E-state index contributed by atoms with van der Waals surface area (Å²) < 4.78 is 13.1. The molecule has 0 aromatic heterocycles. The molecule has 0 saturated heterocycles. The number of carboxylic acids is 1. The van der Waals surface area contributed by atoms with E-state index in [1.54, 1.807) is 6.92 Å². The molecule has 1 atom stereocenters. The van der Waals surface area contributed by atoms with Crippen LogP contribution in [0, 0.1) is 5.82 Å². The zero-order chi connectivity index (χ0) is 13.7. The van der Waals surface area contributed by atoms with Crippen LogP contribution in [0.3, 0.4) is 0 Å². The number of halogens is 2. The number of hydrogen-bond donors (Lipinski definition) is 3. The van der Waals surface area contributed by atoms with Crippen LogP contribution in [-0.4, -0.2) is 23.1 Å². The number of rotatable bonds is 4. The van der Waals surface area contributed by atoms with Crippen molar-refractivity contribution in [3.63, 3.8) is 0 Å². The number of carbonyl (C=O) groups is 2. The van der Waals surface area contributed by atoms with E-state index in [2.05, 4.69) is 10.6 Å². The van der Waals surface area contributed by atoms with E-state index in [1.165, 1.54) is 12.1 Å². The van der Waals surface area contributed by atoms with E-state index in [0.717, 1.165) is 6.07 Å². The van der Waals surface area contributed by atoms with Gasteiger partial charge in [0.25, 0.3) is 0 Å². The van der Waals surface area contributed by atoms with Crippen molar-refractivity contribution in [3.05, 3.63) is 29.0 Å². The average Bonchev–Trinajstić information content (AvgIpc) is 2.30. The molecule has 3 N–H and O–H groups in total. The first-order valence-electron chi connectivity index (χ1n) is 5.19. The van der Waals surface area contributed by atoms with Crippen LogP contribution in [0.25, 0.3) is 0 Å². The standard InChI is InChI=1S/C11H12ClFN2O3/c1-2-9(10(16)17)15-11(18)14-6-3-4-7(12)8(13)5-6/h3-5,9H,2H2,1H3,(H,16,17)(H2,14,15,18)/t9-/m1/s1. The lowest BCUT2D eigenvalue weighted by Crippen LogP contribution is -2.42. The highest BCUT2D eigenvalue weighted by Crippen LogP contribution is 2.18. The molecule has 7 heteroatoms. The van der Waals surface area contributed by atoms with Crippen LogP contribution < -0.4 is 10.6 Å². The quantitative estimate of drug-likeness (QED) is 0.789. The van der Waals surface area contributed by atoms with Gasteiger partial charge < -0.3 is 15.7 Å². The van der Waals surface area contributed by atoms with Crippen molar-refractivity contribution in [1.29, 1.82) is 0 Å². The van der Waals surface area contributed by atoms with Crippen molar-refractivity contribution in [2.24, 2.45) is 0 Å². The van der Waals surface area contributed by atoms with Gasteiger partial charge >= 0.3 is 12.0 Å². The van der Waals surface area contributed by atoms with Crippen molar-refractivity contribution in [2.45, 2.75) is 19.4 Å². The Morgan fingerprint density at radius 3 is 2.67 bits per heavy atom. The number of nitrogens with one attached hydrogen (secondary N) is 2. The molecule has 5 nitrogen and oxygen atoms in total. The largest absolute Gasteiger partial charge is 0.480 e. The van der Waals surface area contributed by atoms with E-state index in [9.17, 15) is 14.0 Å². The van der Waals surface area contributed by atoms with Gasteiger partial charge in [0.15, 0.2) is 0 Å². The van der Waals surface area contributed by atoms with Gasteiger partial charge in [0.2, 0.25) is 0 Å². The molecular formula is C11H12ClFN2O3. The van der Waals surface area contributed by atoms with Gasteiger partial charge in [-0.3, -0.25) is 0 Å². The molecular weight excluding hydrogens is 263 g/mol. The molecule has 0 aliphatic rings. The lowest BCUT2D eigenvalue weighted by atomic mass is 10.2. The average molecular weight is 275 g/mol. The fourth-order valence-electron chi connectivity index (χ4n) is 1.24. The number of aliphatic carboxylic acids is 1. The lowest BCUT2D eigenvalue weighted by molar-refractivity contribution is -0.139. The van der Waals surface area contributed by atoms with E-state index in [4.69, 9.17) is 16.7 Å². The van der Waals surface area contributed by atoms with Crippen LogP contribution in [0.4, 0.5) is 14.9 Å². The van der Waals surface area contributed by atoms with E-state index in [0.29, 0.717) is 0 Å². The summed E-state index contributed by atoms with van der Waals surface area (Å²) in [4.78, 5) is 22.1. The number of carboxylic acid groups (broad SMARTS) is 1. The molecule has 2 amide bonds. The summed E-state index contributed by atoms with van der Waals surface area (Å²) in [7, 11) is 0. The van der Waals surface area contributed by atoms with Crippen molar-refractivity contribution in [1.82, 2.24) is 5.32 Å². The maximum atomic E-state index is 13.1. The van der Waals surface area contributed by atoms with Gasteiger partial charge in [0.1, 0.15) is 11.9 Å². The zero-order valence-electron chi connectivity index (χ0n) is 9.54. The Kier molecular flexibility index (Phi) is 4.91. The zero-order valence-corrected chi connectivity index (χ0v) is 10.3. The molecule has 0 heterocycles. The Labute approximate surface area is 108 Å². The number of carbonyl (C=O) groups excluding carboxylic acids is 1. The minimum atomic E-state index is -1.13. The highest BCUT2D eigenvalue weighted by molar-refractivity contribution is 6.30. The van der Waals surface area contributed by atoms with E-state index >= 15 is 0 Å². The van der Waals surface area contributed by atoms with Gasteiger partial charge in [-0.2, -0.15) is 0 Å². The molecule has 0 radical (unpaired) electrons. The highest BCUT2D eigenvalue weighted by atomic mass is 35.5. The first-order chi connectivity index (χ1) is 8.43. The van der Waals surface area contributed by atoms with E-state index in [-0.39, 0.29) is 17.1 Å². The summed E-state index contributed by atoms with van der Waals surface area (Å²) in [5, 5.41) is 13.3. The number of amides is 2. The summed E-state index contributed by atoms with van der Waals surface area (Å²) in [6.45, 7) is 1.63. The molecule has 1 aromatic carbocycles. The second-order valence-corrected chi connectivity index (χ2v) is 3.93. The minimum absolute atomic E-state index is 0.0575. The Balaban J connectivity index is 2.64. The molecule has 0 spiro atoms. The van der Waals surface area contributed by atoms with Gasteiger partial charge in [-0.15, -0.1) is 0 Å².